The van der Waals surface area contributed by atoms with Crippen LogP contribution in [-0.2, 0) is 19.0 Å². The van der Waals surface area contributed by atoms with Gasteiger partial charge in [0.05, 0.1) is 13.2 Å². The smallest absolute Gasteiger partial charge is 0.407 e. The SMILES string of the molecule is CCCCCCOC(=O)C(CC(C)C)NC(=O)OCCOC. The summed E-state index contributed by atoms with van der Waals surface area (Å²) < 4.78 is 15.0. The number of rotatable bonds is 12. The van der Waals surface area contributed by atoms with Crippen molar-refractivity contribution in [1.82, 2.24) is 5.32 Å². The predicted molar refractivity (Wildman–Crippen MR) is 84.7 cm³/mol. The highest BCUT2D eigenvalue weighted by Crippen LogP contribution is 2.08. The molecule has 0 aromatic heterocycles. The van der Waals surface area contributed by atoms with Crippen LogP contribution in [0.15, 0.2) is 0 Å². The summed E-state index contributed by atoms with van der Waals surface area (Å²) in [5, 5.41) is 2.57. The van der Waals surface area contributed by atoms with Crippen LogP contribution in [0.2, 0.25) is 0 Å². The van der Waals surface area contributed by atoms with Gasteiger partial charge >= 0.3 is 12.1 Å². The molecular formula is C16H31NO5. The topological polar surface area (TPSA) is 73.9 Å². The van der Waals surface area contributed by atoms with Gasteiger partial charge in [0, 0.05) is 7.11 Å². The zero-order valence-corrected chi connectivity index (χ0v) is 14.4. The summed E-state index contributed by atoms with van der Waals surface area (Å²) >= 11 is 0. The van der Waals surface area contributed by atoms with E-state index in [9.17, 15) is 9.59 Å². The average Bonchev–Trinajstić information content (AvgIpc) is 2.46. The Bertz CT molecular complexity index is 307. The van der Waals surface area contributed by atoms with Crippen molar-refractivity contribution in [2.24, 2.45) is 5.92 Å². The van der Waals surface area contributed by atoms with Gasteiger partial charge in [0.25, 0.3) is 0 Å². The Balaban J connectivity index is 4.19. The van der Waals surface area contributed by atoms with E-state index in [4.69, 9.17) is 14.2 Å². The minimum absolute atomic E-state index is 0.156. The summed E-state index contributed by atoms with van der Waals surface area (Å²) in [6.45, 7) is 6.98. The molecule has 1 amide bonds. The van der Waals surface area contributed by atoms with Crippen molar-refractivity contribution >= 4 is 12.1 Å². The molecule has 130 valence electrons. The molecule has 1 N–H and O–H groups in total. The fourth-order valence-electron chi connectivity index (χ4n) is 1.89. The van der Waals surface area contributed by atoms with Gasteiger partial charge in [-0.05, 0) is 18.8 Å². The van der Waals surface area contributed by atoms with E-state index in [1.807, 2.05) is 13.8 Å². The molecule has 0 radical (unpaired) electrons. The lowest BCUT2D eigenvalue weighted by Crippen LogP contribution is -2.43. The maximum absolute atomic E-state index is 12.1. The molecule has 0 bridgehead atoms. The first kappa shape index (κ1) is 20.7. The van der Waals surface area contributed by atoms with Gasteiger partial charge in [-0.3, -0.25) is 0 Å². The van der Waals surface area contributed by atoms with Gasteiger partial charge in [-0.25, -0.2) is 9.59 Å². The minimum atomic E-state index is -0.666. The molecule has 0 aromatic rings. The number of amides is 1. The average molecular weight is 317 g/mol. The first-order valence-electron chi connectivity index (χ1n) is 8.10. The van der Waals surface area contributed by atoms with Gasteiger partial charge in [0.15, 0.2) is 0 Å². The maximum Gasteiger partial charge on any atom is 0.407 e. The maximum atomic E-state index is 12.1. The quantitative estimate of drug-likeness (QED) is 0.442. The summed E-state index contributed by atoms with van der Waals surface area (Å²) in [4.78, 5) is 23.7. The normalized spacial score (nSPS) is 12.0. The Morgan fingerprint density at radius 1 is 1.00 bits per heavy atom. The zero-order valence-electron chi connectivity index (χ0n) is 14.4. The monoisotopic (exact) mass is 317 g/mol. The number of hydrogen-bond donors (Lipinski definition) is 1. The molecule has 6 nitrogen and oxygen atoms in total. The second kappa shape index (κ2) is 13.4. The molecule has 0 saturated carbocycles. The molecule has 1 atom stereocenters. The molecule has 0 saturated heterocycles. The first-order valence-corrected chi connectivity index (χ1v) is 8.10. The number of hydrogen-bond acceptors (Lipinski definition) is 5. The van der Waals surface area contributed by atoms with Crippen molar-refractivity contribution in [3.63, 3.8) is 0 Å². The first-order chi connectivity index (χ1) is 10.5. The van der Waals surface area contributed by atoms with Crippen molar-refractivity contribution in [3.8, 4) is 0 Å². The van der Waals surface area contributed by atoms with Crippen LogP contribution in [0.1, 0.15) is 52.9 Å². The third-order valence-electron chi connectivity index (χ3n) is 3.05. The van der Waals surface area contributed by atoms with Crippen molar-refractivity contribution in [2.45, 2.75) is 58.9 Å². The van der Waals surface area contributed by atoms with Gasteiger partial charge in [-0.1, -0.05) is 40.0 Å². The largest absolute Gasteiger partial charge is 0.464 e. The number of ether oxygens (including phenoxy) is 3. The van der Waals surface area contributed by atoms with E-state index in [0.29, 0.717) is 19.6 Å². The Kier molecular flexibility index (Phi) is 12.6. The van der Waals surface area contributed by atoms with Crippen molar-refractivity contribution in [3.05, 3.63) is 0 Å². The number of esters is 1. The van der Waals surface area contributed by atoms with Gasteiger partial charge in [0.1, 0.15) is 12.6 Å². The molecule has 0 fully saturated rings. The lowest BCUT2D eigenvalue weighted by Gasteiger charge is -2.19. The van der Waals surface area contributed by atoms with Crippen LogP contribution >= 0.6 is 0 Å². The molecule has 0 rings (SSSR count). The third-order valence-corrected chi connectivity index (χ3v) is 3.05. The second-order valence-corrected chi connectivity index (χ2v) is 5.68. The summed E-state index contributed by atoms with van der Waals surface area (Å²) in [5.41, 5.74) is 0. The summed E-state index contributed by atoms with van der Waals surface area (Å²) in [6, 6.07) is -0.666. The summed E-state index contributed by atoms with van der Waals surface area (Å²) in [6.07, 6.45) is 4.08. The Labute approximate surface area is 133 Å². The third kappa shape index (κ3) is 11.4. The molecule has 0 aliphatic rings. The Hall–Kier alpha value is -1.30. The van der Waals surface area contributed by atoms with E-state index in [-0.39, 0.29) is 12.5 Å². The van der Waals surface area contributed by atoms with Crippen molar-refractivity contribution in [2.75, 3.05) is 26.9 Å². The van der Waals surface area contributed by atoms with Crippen LogP contribution in [0.5, 0.6) is 0 Å². The Morgan fingerprint density at radius 3 is 2.32 bits per heavy atom. The van der Waals surface area contributed by atoms with E-state index in [0.717, 1.165) is 25.7 Å². The van der Waals surface area contributed by atoms with Gasteiger partial charge in [-0.15, -0.1) is 0 Å². The van der Waals surface area contributed by atoms with Crippen molar-refractivity contribution < 1.29 is 23.8 Å². The number of unbranched alkanes of at least 4 members (excludes halogenated alkanes) is 3. The van der Waals surface area contributed by atoms with E-state index >= 15 is 0 Å². The highest BCUT2D eigenvalue weighted by atomic mass is 16.6. The fourth-order valence-corrected chi connectivity index (χ4v) is 1.89. The molecular weight excluding hydrogens is 286 g/mol. The number of carbonyl (C=O) groups is 2. The van der Waals surface area contributed by atoms with Gasteiger partial charge in [0.2, 0.25) is 0 Å². The molecule has 0 heterocycles. The van der Waals surface area contributed by atoms with E-state index in [1.165, 1.54) is 7.11 Å². The van der Waals surface area contributed by atoms with Crippen LogP contribution in [0, 0.1) is 5.92 Å². The minimum Gasteiger partial charge on any atom is -0.464 e. The number of methoxy groups -OCH3 is 1. The number of alkyl carbamates (subject to hydrolysis) is 1. The lowest BCUT2D eigenvalue weighted by molar-refractivity contribution is -0.146. The van der Waals surface area contributed by atoms with Crippen LogP contribution in [0.25, 0.3) is 0 Å². The highest BCUT2D eigenvalue weighted by Gasteiger charge is 2.23. The predicted octanol–water partition coefficient (Wildman–Crippen LogP) is 2.90. The van der Waals surface area contributed by atoms with Gasteiger partial charge in [-0.2, -0.15) is 0 Å². The fraction of sp³-hybridized carbons (Fsp3) is 0.875. The van der Waals surface area contributed by atoms with Crippen LogP contribution in [-0.4, -0.2) is 45.0 Å². The number of nitrogens with one attached hydrogen (secondary N) is 1. The van der Waals surface area contributed by atoms with E-state index in [1.54, 1.807) is 0 Å². The molecule has 1 unspecified atom stereocenters. The van der Waals surface area contributed by atoms with Crippen LogP contribution in [0.3, 0.4) is 0 Å². The Morgan fingerprint density at radius 2 is 1.73 bits per heavy atom. The molecule has 22 heavy (non-hydrogen) atoms. The van der Waals surface area contributed by atoms with E-state index < -0.39 is 18.1 Å². The molecule has 0 aliphatic heterocycles. The molecule has 6 heteroatoms. The van der Waals surface area contributed by atoms with Crippen molar-refractivity contribution in [1.29, 1.82) is 0 Å². The standard InChI is InChI=1S/C16H31NO5/c1-5-6-7-8-9-21-15(18)14(12-13(2)3)17-16(19)22-11-10-20-4/h13-14H,5-12H2,1-4H3,(H,17,19). The summed E-state index contributed by atoms with van der Waals surface area (Å²) in [7, 11) is 1.53. The highest BCUT2D eigenvalue weighted by molar-refractivity contribution is 5.81. The summed E-state index contributed by atoms with van der Waals surface area (Å²) in [5.74, 6) is -0.134. The number of carbonyl (C=O) groups excluding carboxylic acids is 2. The molecule has 0 aromatic carbocycles. The lowest BCUT2D eigenvalue weighted by atomic mass is 10.0. The second-order valence-electron chi connectivity index (χ2n) is 5.68. The molecule has 0 spiro atoms. The van der Waals surface area contributed by atoms with E-state index in [2.05, 4.69) is 12.2 Å². The van der Waals surface area contributed by atoms with Crippen LogP contribution in [0.4, 0.5) is 4.79 Å². The molecule has 0 aliphatic carbocycles. The zero-order chi connectivity index (χ0) is 16.8. The van der Waals surface area contributed by atoms with Gasteiger partial charge < -0.3 is 19.5 Å². The van der Waals surface area contributed by atoms with Crippen LogP contribution < -0.4 is 5.32 Å².